The number of sulfonamides is 1. The number of carbonyl (C=O) groups excluding carboxylic acids is 1. The molecule has 0 atom stereocenters. The van der Waals surface area contributed by atoms with Crippen LogP contribution < -0.4 is 0 Å². The van der Waals surface area contributed by atoms with E-state index in [1.165, 1.54) is 19.2 Å². The molecule has 0 fully saturated rings. The molecule has 1 aliphatic rings. The van der Waals surface area contributed by atoms with Crippen LogP contribution >= 0.6 is 0 Å². The molecule has 7 heteroatoms. The first-order valence-corrected chi connectivity index (χ1v) is 10.5. The Morgan fingerprint density at radius 2 is 1.67 bits per heavy atom. The Balaban J connectivity index is 1.85. The van der Waals surface area contributed by atoms with Crippen molar-refractivity contribution in [1.82, 2.24) is 4.31 Å². The molecule has 1 aliphatic heterocycles. The maximum atomic E-state index is 13.0. The smallest absolute Gasteiger partial charge is 0.265 e. The van der Waals surface area contributed by atoms with Crippen molar-refractivity contribution in [1.29, 1.82) is 5.26 Å². The number of fused-ring (bicyclic) bond motifs is 1. The zero-order valence-electron chi connectivity index (χ0n) is 15.9. The molecule has 3 aromatic rings. The van der Waals surface area contributed by atoms with Gasteiger partial charge in [0.1, 0.15) is 5.70 Å². The molecular formula is C23H16N2O4S. The van der Waals surface area contributed by atoms with Crippen LogP contribution in [-0.2, 0) is 10.0 Å². The predicted octanol–water partition coefficient (Wildman–Crippen LogP) is 3.97. The molecule has 6 nitrogen and oxygen atoms in total. The van der Waals surface area contributed by atoms with Gasteiger partial charge in [0.15, 0.2) is 5.76 Å². The van der Waals surface area contributed by atoms with Crippen LogP contribution in [0.15, 0.2) is 83.4 Å². The molecule has 0 spiro atoms. The lowest BCUT2D eigenvalue weighted by molar-refractivity contribution is 0.100. The van der Waals surface area contributed by atoms with Crippen LogP contribution in [0.4, 0.5) is 0 Å². The molecular weight excluding hydrogens is 400 g/mol. The molecule has 148 valence electrons. The number of rotatable bonds is 2. The first-order valence-electron chi connectivity index (χ1n) is 9.01. The van der Waals surface area contributed by atoms with E-state index in [1.54, 1.807) is 54.6 Å². The van der Waals surface area contributed by atoms with Crippen molar-refractivity contribution in [2.24, 2.45) is 0 Å². The molecule has 0 aliphatic carbocycles. The second-order valence-corrected chi connectivity index (χ2v) is 8.70. The van der Waals surface area contributed by atoms with Gasteiger partial charge in [-0.3, -0.25) is 9.10 Å². The number of allylic oxidation sites excluding steroid dienone is 1. The fraction of sp³-hybridized carbons (Fsp3) is 0.0435. The average molecular weight is 416 g/mol. The number of aliphatic hydroxyl groups is 1. The number of hydrogen-bond donors (Lipinski definition) is 1. The van der Waals surface area contributed by atoms with Crippen LogP contribution in [0.1, 0.15) is 21.5 Å². The van der Waals surface area contributed by atoms with Gasteiger partial charge in [0.2, 0.25) is 5.78 Å². The second-order valence-electron chi connectivity index (χ2n) is 6.76. The van der Waals surface area contributed by atoms with Crippen LogP contribution in [0, 0.1) is 11.3 Å². The molecule has 0 aromatic heterocycles. The third kappa shape index (κ3) is 3.04. The van der Waals surface area contributed by atoms with Crippen LogP contribution in [0.5, 0.6) is 0 Å². The highest BCUT2D eigenvalue weighted by molar-refractivity contribution is 7.89. The highest BCUT2D eigenvalue weighted by Gasteiger charge is 2.39. The topological polar surface area (TPSA) is 98.5 Å². The largest absolute Gasteiger partial charge is 0.505 e. The van der Waals surface area contributed by atoms with Crippen LogP contribution in [0.3, 0.4) is 0 Å². The van der Waals surface area contributed by atoms with E-state index in [0.29, 0.717) is 11.1 Å². The molecule has 0 saturated heterocycles. The van der Waals surface area contributed by atoms with Gasteiger partial charge < -0.3 is 5.11 Å². The number of Topliss-reactive ketones (excluding diaryl/α,β-unsaturated/α-hetero) is 1. The third-order valence-electron chi connectivity index (χ3n) is 5.01. The van der Waals surface area contributed by atoms with Gasteiger partial charge in [-0.25, -0.2) is 8.42 Å². The van der Waals surface area contributed by atoms with Crippen molar-refractivity contribution in [3.63, 3.8) is 0 Å². The van der Waals surface area contributed by atoms with E-state index < -0.39 is 21.6 Å². The zero-order valence-corrected chi connectivity index (χ0v) is 16.7. The summed E-state index contributed by atoms with van der Waals surface area (Å²) in [4.78, 5) is 12.9. The summed E-state index contributed by atoms with van der Waals surface area (Å²) >= 11 is 0. The van der Waals surface area contributed by atoms with Crippen molar-refractivity contribution >= 4 is 21.6 Å². The summed E-state index contributed by atoms with van der Waals surface area (Å²) in [5.41, 5.74) is 2.12. The normalized spacial score (nSPS) is 16.5. The predicted molar refractivity (Wildman–Crippen MR) is 112 cm³/mol. The van der Waals surface area contributed by atoms with Gasteiger partial charge in [-0.05, 0) is 41.5 Å². The summed E-state index contributed by atoms with van der Waals surface area (Å²) < 4.78 is 26.5. The number of hydrogen-bond acceptors (Lipinski definition) is 5. The number of ketones is 1. The lowest BCUT2D eigenvalue weighted by Gasteiger charge is -2.28. The molecule has 4 rings (SSSR count). The Labute approximate surface area is 174 Å². The zero-order chi connectivity index (χ0) is 21.5. The summed E-state index contributed by atoms with van der Waals surface area (Å²) in [6.07, 6.45) is 0. The fourth-order valence-corrected chi connectivity index (χ4v) is 4.79. The van der Waals surface area contributed by atoms with Gasteiger partial charge >= 0.3 is 0 Å². The quantitative estimate of drug-likeness (QED) is 0.503. The Morgan fingerprint density at radius 3 is 2.37 bits per heavy atom. The SMILES string of the molecule is CN1C(=C(O)c2cccc(-c3ccc(C#N)cc3)c2)C(=O)c2ccccc2S1(=O)=O. The highest BCUT2D eigenvalue weighted by atomic mass is 32.2. The van der Waals surface area contributed by atoms with Crippen LogP contribution in [0.2, 0.25) is 0 Å². The van der Waals surface area contributed by atoms with E-state index >= 15 is 0 Å². The van der Waals surface area contributed by atoms with Crippen molar-refractivity contribution in [3.05, 3.63) is 95.2 Å². The number of likely N-dealkylation sites (N-methyl/N-ethyl adjacent to an activating group) is 1. The number of nitriles is 1. The summed E-state index contributed by atoms with van der Waals surface area (Å²) in [7, 11) is -2.71. The Morgan fingerprint density at radius 1 is 0.967 bits per heavy atom. The van der Waals surface area contributed by atoms with Crippen molar-refractivity contribution in [3.8, 4) is 17.2 Å². The Bertz CT molecular complexity index is 1350. The van der Waals surface area contributed by atoms with Crippen LogP contribution in [-0.4, -0.2) is 30.7 Å². The van der Waals surface area contributed by atoms with Gasteiger partial charge in [0.25, 0.3) is 10.0 Å². The molecule has 0 amide bonds. The van der Waals surface area contributed by atoms with E-state index in [1.807, 2.05) is 6.07 Å². The lowest BCUT2D eigenvalue weighted by Crippen LogP contribution is -2.37. The van der Waals surface area contributed by atoms with E-state index in [4.69, 9.17) is 5.26 Å². The lowest BCUT2D eigenvalue weighted by atomic mass is 9.99. The Kier molecular flexibility index (Phi) is 4.65. The Hall–Kier alpha value is -3.89. The first-order chi connectivity index (χ1) is 14.3. The van der Waals surface area contributed by atoms with Gasteiger partial charge in [0, 0.05) is 18.2 Å². The summed E-state index contributed by atoms with van der Waals surface area (Å²) in [6, 6.07) is 21.7. The standard InChI is InChI=1S/C23H16N2O4S/c1-25-21(23(27)19-7-2-3-8-20(19)30(25,28)29)22(26)18-6-4-5-17(13-18)16-11-9-15(14-24)10-12-16/h2-13,26H,1H3. The van der Waals surface area contributed by atoms with E-state index in [9.17, 15) is 18.3 Å². The first kappa shape index (κ1) is 19.4. The minimum absolute atomic E-state index is 0.0281. The number of benzene rings is 3. The molecule has 30 heavy (non-hydrogen) atoms. The molecule has 1 heterocycles. The van der Waals surface area contributed by atoms with E-state index in [-0.39, 0.29) is 16.2 Å². The molecule has 0 radical (unpaired) electrons. The maximum absolute atomic E-state index is 13.0. The van der Waals surface area contributed by atoms with Gasteiger partial charge in [-0.15, -0.1) is 0 Å². The minimum atomic E-state index is -3.96. The molecule has 3 aromatic carbocycles. The van der Waals surface area contributed by atoms with Gasteiger partial charge in [-0.2, -0.15) is 5.26 Å². The fourth-order valence-electron chi connectivity index (χ4n) is 3.39. The summed E-state index contributed by atoms with van der Waals surface area (Å²) in [5.74, 6) is -0.986. The molecule has 0 bridgehead atoms. The molecule has 0 saturated carbocycles. The highest BCUT2D eigenvalue weighted by Crippen LogP contribution is 2.34. The van der Waals surface area contributed by atoms with Crippen LogP contribution in [0.25, 0.3) is 16.9 Å². The van der Waals surface area contributed by atoms with Gasteiger partial charge in [0.05, 0.1) is 16.5 Å². The van der Waals surface area contributed by atoms with Crippen molar-refractivity contribution in [2.45, 2.75) is 4.90 Å². The molecule has 0 unspecified atom stereocenters. The van der Waals surface area contributed by atoms with E-state index in [2.05, 4.69) is 6.07 Å². The second kappa shape index (κ2) is 7.17. The summed E-state index contributed by atoms with van der Waals surface area (Å²) in [5, 5.41) is 19.9. The van der Waals surface area contributed by atoms with Gasteiger partial charge in [-0.1, -0.05) is 42.5 Å². The maximum Gasteiger partial charge on any atom is 0.265 e. The van der Waals surface area contributed by atoms with Crippen molar-refractivity contribution < 1.29 is 18.3 Å². The number of nitrogens with zero attached hydrogens (tertiary/aromatic N) is 2. The monoisotopic (exact) mass is 416 g/mol. The third-order valence-corrected chi connectivity index (χ3v) is 6.82. The van der Waals surface area contributed by atoms with Crippen molar-refractivity contribution in [2.75, 3.05) is 7.05 Å². The minimum Gasteiger partial charge on any atom is -0.505 e. The molecule has 1 N–H and O–H groups in total. The average Bonchev–Trinajstić information content (AvgIpc) is 2.78. The summed E-state index contributed by atoms with van der Waals surface area (Å²) in [6.45, 7) is 0. The number of carbonyl (C=O) groups is 1. The van der Waals surface area contributed by atoms with E-state index in [0.717, 1.165) is 15.4 Å². The number of aliphatic hydroxyl groups excluding tert-OH is 1.